The summed E-state index contributed by atoms with van der Waals surface area (Å²) in [6.07, 6.45) is 5.83. The lowest BCUT2D eigenvalue weighted by molar-refractivity contribution is -0.170. The monoisotopic (exact) mass is 402 g/mol. The maximum absolute atomic E-state index is 13.3. The van der Waals surface area contributed by atoms with Crippen molar-refractivity contribution in [2.75, 3.05) is 7.11 Å². The topological polar surface area (TPSA) is 91.4 Å². The molecule has 4 aliphatic carbocycles. The van der Waals surface area contributed by atoms with Crippen LogP contribution in [-0.2, 0) is 33.3 Å². The van der Waals surface area contributed by atoms with E-state index in [1.165, 1.54) is 14.0 Å². The molecule has 6 aliphatic rings. The summed E-state index contributed by atoms with van der Waals surface area (Å²) in [5.74, 6) is -2.16. The maximum atomic E-state index is 13.3. The van der Waals surface area contributed by atoms with Crippen molar-refractivity contribution in [1.82, 2.24) is 0 Å². The first-order valence-corrected chi connectivity index (χ1v) is 10.5. The third-order valence-electron chi connectivity index (χ3n) is 9.24. The molecule has 0 aromatic rings. The van der Waals surface area contributed by atoms with E-state index in [0.717, 1.165) is 19.3 Å². The van der Waals surface area contributed by atoms with Gasteiger partial charge in [-0.3, -0.25) is 14.4 Å². The Labute approximate surface area is 169 Å². The average molecular weight is 402 g/mol. The second-order valence-electron chi connectivity index (χ2n) is 10.4. The van der Waals surface area contributed by atoms with Crippen LogP contribution in [-0.4, -0.2) is 48.9 Å². The summed E-state index contributed by atoms with van der Waals surface area (Å²) in [5.41, 5.74) is -2.37. The summed E-state index contributed by atoms with van der Waals surface area (Å²) in [7, 11) is 1.40. The number of carbonyl (C=O) groups excluding carboxylic acids is 3. The minimum Gasteiger partial charge on any atom is -0.469 e. The number of epoxide rings is 1. The van der Waals surface area contributed by atoms with Gasteiger partial charge in [0.1, 0.15) is 17.1 Å². The van der Waals surface area contributed by atoms with Crippen LogP contribution in [0.15, 0.2) is 12.2 Å². The minimum absolute atomic E-state index is 0.00465. The molecule has 0 aromatic heterocycles. The van der Waals surface area contributed by atoms with Gasteiger partial charge in [0.05, 0.1) is 25.2 Å². The molecule has 2 saturated heterocycles. The Morgan fingerprint density at radius 3 is 2.69 bits per heavy atom. The second-order valence-corrected chi connectivity index (χ2v) is 10.4. The molecule has 0 aromatic carbocycles. The van der Waals surface area contributed by atoms with Crippen molar-refractivity contribution in [1.29, 1.82) is 0 Å². The van der Waals surface area contributed by atoms with E-state index in [1.807, 2.05) is 6.08 Å². The molecular formula is C22H26O7. The van der Waals surface area contributed by atoms with E-state index >= 15 is 0 Å². The first-order chi connectivity index (χ1) is 13.6. The third kappa shape index (κ3) is 1.68. The Kier molecular flexibility index (Phi) is 3.01. The van der Waals surface area contributed by atoms with E-state index in [4.69, 9.17) is 18.9 Å². The number of hydrogen-bond acceptors (Lipinski definition) is 7. The normalized spacial score (nSPS) is 57.4. The van der Waals surface area contributed by atoms with Gasteiger partial charge in [-0.1, -0.05) is 6.92 Å². The van der Waals surface area contributed by atoms with Crippen LogP contribution < -0.4 is 0 Å². The van der Waals surface area contributed by atoms with Crippen molar-refractivity contribution in [2.45, 2.75) is 63.9 Å². The van der Waals surface area contributed by atoms with E-state index in [-0.39, 0.29) is 29.5 Å². The molecule has 1 spiro atoms. The minimum atomic E-state index is -1.13. The van der Waals surface area contributed by atoms with Gasteiger partial charge in [0.25, 0.3) is 0 Å². The van der Waals surface area contributed by atoms with Crippen LogP contribution in [0.1, 0.15) is 40.0 Å². The molecular weight excluding hydrogens is 376 g/mol. The van der Waals surface area contributed by atoms with Gasteiger partial charge >= 0.3 is 17.9 Å². The molecule has 0 radical (unpaired) electrons. The fraction of sp³-hybridized carbons (Fsp3) is 0.773. The van der Waals surface area contributed by atoms with E-state index in [2.05, 4.69) is 6.92 Å². The molecule has 156 valence electrons. The van der Waals surface area contributed by atoms with Crippen molar-refractivity contribution < 1.29 is 33.3 Å². The van der Waals surface area contributed by atoms with Crippen LogP contribution in [0.2, 0.25) is 0 Å². The Morgan fingerprint density at radius 2 is 2.00 bits per heavy atom. The van der Waals surface area contributed by atoms with Crippen LogP contribution in [0, 0.1) is 34.0 Å². The first-order valence-electron chi connectivity index (χ1n) is 10.5. The highest BCUT2D eigenvalue weighted by Crippen LogP contribution is 2.82. The molecule has 7 nitrogen and oxygen atoms in total. The van der Waals surface area contributed by atoms with Crippen molar-refractivity contribution >= 4 is 17.9 Å². The molecule has 2 heterocycles. The Morgan fingerprint density at radius 1 is 1.24 bits per heavy atom. The van der Waals surface area contributed by atoms with E-state index in [1.54, 1.807) is 13.0 Å². The average Bonchev–Trinajstić information content (AvgIpc) is 3.37. The fourth-order valence-corrected chi connectivity index (χ4v) is 8.34. The van der Waals surface area contributed by atoms with Crippen LogP contribution in [0.5, 0.6) is 0 Å². The van der Waals surface area contributed by atoms with Gasteiger partial charge in [0.15, 0.2) is 0 Å². The number of esters is 3. The largest absolute Gasteiger partial charge is 0.469 e. The highest BCUT2D eigenvalue weighted by Gasteiger charge is 2.89. The summed E-state index contributed by atoms with van der Waals surface area (Å²) in [6.45, 7) is 5.36. The molecule has 4 bridgehead atoms. The van der Waals surface area contributed by atoms with Gasteiger partial charge in [-0.15, -0.1) is 0 Å². The summed E-state index contributed by atoms with van der Waals surface area (Å²) < 4.78 is 23.2. The third-order valence-corrected chi connectivity index (χ3v) is 9.24. The van der Waals surface area contributed by atoms with Gasteiger partial charge in [-0.25, -0.2) is 0 Å². The van der Waals surface area contributed by atoms with Crippen LogP contribution >= 0.6 is 0 Å². The Bertz CT molecular complexity index is 896. The highest BCUT2D eigenvalue weighted by atomic mass is 16.6. The summed E-state index contributed by atoms with van der Waals surface area (Å²) in [5, 5.41) is 0. The number of rotatable bonds is 2. The van der Waals surface area contributed by atoms with Gasteiger partial charge in [-0.05, 0) is 43.8 Å². The number of methoxy groups -OCH3 is 1. The molecule has 5 fully saturated rings. The smallest absolute Gasteiger partial charge is 0.317 e. The quantitative estimate of drug-likeness (QED) is 0.301. The van der Waals surface area contributed by atoms with Gasteiger partial charge in [0.2, 0.25) is 0 Å². The molecule has 0 amide bonds. The second kappa shape index (κ2) is 4.88. The van der Waals surface area contributed by atoms with Crippen molar-refractivity contribution in [3.05, 3.63) is 12.2 Å². The molecule has 0 unspecified atom stereocenters. The number of carbonyl (C=O) groups is 3. The molecule has 2 aliphatic heterocycles. The SMILES string of the molecule is COC(=O)[C@H]1[C@H]2[C@@]3(C=C[C@H](OC(C)=O)[C@@]2(C)C(=O)O3)[C@@H]2CC[C@@]3(C)C[C@@]12[C@@H]1O[C@@H]13. The van der Waals surface area contributed by atoms with Crippen LogP contribution in [0.3, 0.4) is 0 Å². The maximum Gasteiger partial charge on any atom is 0.317 e. The van der Waals surface area contributed by atoms with Crippen LogP contribution in [0.25, 0.3) is 0 Å². The van der Waals surface area contributed by atoms with Gasteiger partial charge in [0, 0.05) is 24.2 Å². The fourth-order valence-electron chi connectivity index (χ4n) is 8.34. The van der Waals surface area contributed by atoms with Crippen molar-refractivity contribution in [2.24, 2.45) is 34.0 Å². The standard InChI is InChI=1S/C22H26O7/c1-10(23)27-12-6-8-22-11-5-7-19(2)9-21(11,16-15(19)28-16)13(17(24)26-4)14(22)20(12,3)18(25)29-22/h6,8,11-16H,5,7,9H2,1-4H3/t11-,12+,13-,14-,15+,16-,19+,20-,21+,22-/m1/s1. The molecule has 0 N–H and O–H groups in total. The predicted octanol–water partition coefficient (Wildman–Crippen LogP) is 1.78. The molecule has 29 heavy (non-hydrogen) atoms. The highest BCUT2D eigenvalue weighted by molar-refractivity contribution is 5.87. The lowest BCUT2D eigenvalue weighted by atomic mass is 9.59. The Balaban J connectivity index is 1.58. The zero-order valence-corrected chi connectivity index (χ0v) is 17.1. The van der Waals surface area contributed by atoms with Gasteiger partial charge in [-0.2, -0.15) is 0 Å². The summed E-state index contributed by atoms with van der Waals surface area (Å²) in [6, 6.07) is 0. The molecule has 10 atom stereocenters. The van der Waals surface area contributed by atoms with Crippen LogP contribution in [0.4, 0.5) is 0 Å². The molecule has 6 rings (SSSR count). The Hall–Kier alpha value is -1.89. The number of fused-ring (bicyclic) bond motifs is 3. The number of ether oxygens (including phenoxy) is 4. The van der Waals surface area contributed by atoms with Crippen molar-refractivity contribution in [3.8, 4) is 0 Å². The lowest BCUT2D eigenvalue weighted by Gasteiger charge is -2.47. The van der Waals surface area contributed by atoms with E-state index in [9.17, 15) is 14.4 Å². The zero-order chi connectivity index (χ0) is 20.6. The first kappa shape index (κ1) is 17.9. The molecule has 7 heteroatoms. The predicted molar refractivity (Wildman–Crippen MR) is 97.2 cm³/mol. The van der Waals surface area contributed by atoms with E-state index < -0.39 is 46.3 Å². The summed E-state index contributed by atoms with van der Waals surface area (Å²) >= 11 is 0. The lowest BCUT2D eigenvalue weighted by Crippen LogP contribution is -2.52. The number of hydrogen-bond donors (Lipinski definition) is 0. The summed E-state index contributed by atoms with van der Waals surface area (Å²) in [4.78, 5) is 38.3. The van der Waals surface area contributed by atoms with Crippen molar-refractivity contribution in [3.63, 3.8) is 0 Å². The van der Waals surface area contributed by atoms with E-state index in [0.29, 0.717) is 0 Å². The zero-order valence-electron chi connectivity index (χ0n) is 17.1. The molecule has 3 saturated carbocycles. The van der Waals surface area contributed by atoms with Gasteiger partial charge < -0.3 is 18.9 Å².